The number of amides is 2. The lowest BCUT2D eigenvalue weighted by Crippen LogP contribution is -2.53. The Morgan fingerprint density at radius 3 is 2.57 bits per heavy atom. The molecule has 2 aromatic carbocycles. The molecule has 1 N–H and O–H groups in total. The van der Waals surface area contributed by atoms with Gasteiger partial charge in [-0.2, -0.15) is 0 Å². The number of hydrogen-bond acceptors (Lipinski definition) is 4. The highest BCUT2D eigenvalue weighted by Crippen LogP contribution is 2.34. The molecule has 1 aliphatic rings. The average molecular weight is 382 g/mol. The molecule has 6 heteroatoms. The molecule has 0 aliphatic carbocycles. The SMILES string of the molecule is COc1ccc(CN2C(=O)CC[C@@]2(C)C(=O)NCc2ccccc2)c(OC)c1. The van der Waals surface area contributed by atoms with Crippen LogP contribution in [0.2, 0.25) is 0 Å². The van der Waals surface area contributed by atoms with Crippen LogP contribution in [0.15, 0.2) is 48.5 Å². The first-order valence-corrected chi connectivity index (χ1v) is 9.31. The van der Waals surface area contributed by atoms with E-state index in [1.54, 1.807) is 25.2 Å². The highest BCUT2D eigenvalue weighted by atomic mass is 16.5. The number of hydrogen-bond donors (Lipinski definition) is 1. The minimum atomic E-state index is -0.892. The lowest BCUT2D eigenvalue weighted by atomic mass is 9.96. The summed E-state index contributed by atoms with van der Waals surface area (Å²) in [4.78, 5) is 27.2. The zero-order valence-corrected chi connectivity index (χ0v) is 16.5. The van der Waals surface area contributed by atoms with E-state index in [1.165, 1.54) is 0 Å². The number of ether oxygens (including phenoxy) is 2. The van der Waals surface area contributed by atoms with Gasteiger partial charge in [-0.1, -0.05) is 30.3 Å². The van der Waals surface area contributed by atoms with Gasteiger partial charge in [-0.3, -0.25) is 9.59 Å². The van der Waals surface area contributed by atoms with Crippen LogP contribution in [0.4, 0.5) is 0 Å². The van der Waals surface area contributed by atoms with Gasteiger partial charge in [0.25, 0.3) is 0 Å². The normalized spacial score (nSPS) is 18.8. The van der Waals surface area contributed by atoms with Crippen molar-refractivity contribution in [3.05, 3.63) is 59.7 Å². The van der Waals surface area contributed by atoms with Crippen LogP contribution in [0.1, 0.15) is 30.9 Å². The third-order valence-corrected chi connectivity index (χ3v) is 5.33. The van der Waals surface area contributed by atoms with Crippen LogP contribution >= 0.6 is 0 Å². The van der Waals surface area contributed by atoms with Gasteiger partial charge in [-0.15, -0.1) is 0 Å². The monoisotopic (exact) mass is 382 g/mol. The zero-order chi connectivity index (χ0) is 20.1. The Kier molecular flexibility index (Phi) is 5.87. The lowest BCUT2D eigenvalue weighted by Gasteiger charge is -2.34. The first-order valence-electron chi connectivity index (χ1n) is 9.31. The number of rotatable bonds is 7. The Bertz CT molecular complexity index is 853. The molecule has 2 aromatic rings. The predicted molar refractivity (Wildman–Crippen MR) is 106 cm³/mol. The van der Waals surface area contributed by atoms with Gasteiger partial charge in [-0.25, -0.2) is 0 Å². The van der Waals surface area contributed by atoms with Crippen molar-refractivity contribution in [1.29, 1.82) is 0 Å². The second kappa shape index (κ2) is 8.33. The Morgan fingerprint density at radius 2 is 1.89 bits per heavy atom. The topological polar surface area (TPSA) is 67.9 Å². The molecule has 0 spiro atoms. The van der Waals surface area contributed by atoms with Crippen LogP contribution in [0.5, 0.6) is 11.5 Å². The van der Waals surface area contributed by atoms with Crippen LogP contribution in [-0.4, -0.2) is 36.5 Å². The molecule has 3 rings (SSSR count). The molecular formula is C22H26N2O4. The molecular weight excluding hydrogens is 356 g/mol. The van der Waals surface area contributed by atoms with Crippen LogP contribution in [-0.2, 0) is 22.7 Å². The van der Waals surface area contributed by atoms with Crippen molar-refractivity contribution in [1.82, 2.24) is 10.2 Å². The van der Waals surface area contributed by atoms with Crippen molar-refractivity contribution in [2.24, 2.45) is 0 Å². The zero-order valence-electron chi connectivity index (χ0n) is 16.5. The summed E-state index contributed by atoms with van der Waals surface area (Å²) in [6, 6.07) is 15.2. The number of nitrogens with zero attached hydrogens (tertiary/aromatic N) is 1. The number of carbonyl (C=O) groups is 2. The molecule has 1 atom stereocenters. The van der Waals surface area contributed by atoms with E-state index in [4.69, 9.17) is 9.47 Å². The standard InChI is InChI=1S/C22H26N2O4/c1-22(21(26)23-14-16-7-5-4-6-8-16)12-11-20(25)24(22)15-17-9-10-18(27-2)13-19(17)28-3/h4-10,13H,11-12,14-15H2,1-3H3,(H,23,26)/t22-/m0/s1. The van der Waals surface area contributed by atoms with Gasteiger partial charge in [0.2, 0.25) is 11.8 Å². The minimum Gasteiger partial charge on any atom is -0.497 e. The maximum Gasteiger partial charge on any atom is 0.245 e. The largest absolute Gasteiger partial charge is 0.497 e. The predicted octanol–water partition coefficient (Wildman–Crippen LogP) is 2.90. The molecule has 6 nitrogen and oxygen atoms in total. The van der Waals surface area contributed by atoms with Crippen LogP contribution in [0.3, 0.4) is 0 Å². The van der Waals surface area contributed by atoms with E-state index in [0.29, 0.717) is 37.4 Å². The number of benzene rings is 2. The average Bonchev–Trinajstić information content (AvgIpc) is 3.02. The second-order valence-corrected chi connectivity index (χ2v) is 7.10. The Morgan fingerprint density at radius 1 is 1.14 bits per heavy atom. The van der Waals surface area contributed by atoms with Gasteiger partial charge in [0.15, 0.2) is 0 Å². The first-order chi connectivity index (χ1) is 13.5. The first kappa shape index (κ1) is 19.7. The van der Waals surface area contributed by atoms with Crippen LogP contribution in [0, 0.1) is 0 Å². The molecule has 0 saturated carbocycles. The summed E-state index contributed by atoms with van der Waals surface area (Å²) in [5.41, 5.74) is 0.962. The summed E-state index contributed by atoms with van der Waals surface area (Å²) in [5.74, 6) is 1.13. The van der Waals surface area contributed by atoms with Crippen LogP contribution < -0.4 is 14.8 Å². The third kappa shape index (κ3) is 3.96. The molecule has 0 bridgehead atoms. The van der Waals surface area contributed by atoms with E-state index in [0.717, 1.165) is 11.1 Å². The molecule has 2 amide bonds. The summed E-state index contributed by atoms with van der Waals surface area (Å²) < 4.78 is 10.7. The van der Waals surface area contributed by atoms with Crippen molar-refractivity contribution < 1.29 is 19.1 Å². The smallest absolute Gasteiger partial charge is 0.245 e. The molecule has 1 aliphatic heterocycles. The van der Waals surface area contributed by atoms with E-state index in [2.05, 4.69) is 5.32 Å². The van der Waals surface area contributed by atoms with Gasteiger partial charge >= 0.3 is 0 Å². The molecule has 0 unspecified atom stereocenters. The quantitative estimate of drug-likeness (QED) is 0.800. The van der Waals surface area contributed by atoms with Crippen LogP contribution in [0.25, 0.3) is 0 Å². The minimum absolute atomic E-state index is 0.0322. The van der Waals surface area contributed by atoms with Crippen molar-refractivity contribution in [2.75, 3.05) is 14.2 Å². The van der Waals surface area contributed by atoms with Crippen molar-refractivity contribution in [3.63, 3.8) is 0 Å². The summed E-state index contributed by atoms with van der Waals surface area (Å²) in [6.45, 7) is 2.57. The fourth-order valence-corrected chi connectivity index (χ4v) is 3.52. The number of carbonyl (C=O) groups excluding carboxylic acids is 2. The third-order valence-electron chi connectivity index (χ3n) is 5.33. The van der Waals surface area contributed by atoms with Crippen molar-refractivity contribution in [3.8, 4) is 11.5 Å². The van der Waals surface area contributed by atoms with Crippen molar-refractivity contribution in [2.45, 2.75) is 38.4 Å². The Labute approximate surface area is 165 Å². The molecule has 0 radical (unpaired) electrons. The van der Waals surface area contributed by atoms with Gasteiger partial charge in [0.1, 0.15) is 17.0 Å². The molecule has 28 heavy (non-hydrogen) atoms. The van der Waals surface area contributed by atoms with Gasteiger partial charge in [0, 0.05) is 24.6 Å². The summed E-state index contributed by atoms with van der Waals surface area (Å²) in [6.07, 6.45) is 0.846. The summed E-state index contributed by atoms with van der Waals surface area (Å²) in [7, 11) is 3.17. The van der Waals surface area contributed by atoms with Gasteiger partial charge in [0.05, 0.1) is 20.8 Å². The van der Waals surface area contributed by atoms with Gasteiger partial charge < -0.3 is 19.7 Å². The summed E-state index contributed by atoms with van der Waals surface area (Å²) in [5, 5.41) is 2.98. The Balaban J connectivity index is 1.77. The fraction of sp³-hybridized carbons (Fsp3) is 0.364. The molecule has 148 valence electrons. The van der Waals surface area contributed by atoms with Crippen molar-refractivity contribution >= 4 is 11.8 Å². The second-order valence-electron chi connectivity index (χ2n) is 7.10. The number of nitrogens with one attached hydrogen (secondary N) is 1. The number of methoxy groups -OCH3 is 2. The van der Waals surface area contributed by atoms with E-state index >= 15 is 0 Å². The maximum atomic E-state index is 13.0. The molecule has 1 fully saturated rings. The molecule has 1 heterocycles. The lowest BCUT2D eigenvalue weighted by molar-refractivity contribution is -0.141. The van der Waals surface area contributed by atoms with E-state index < -0.39 is 5.54 Å². The number of likely N-dealkylation sites (tertiary alicyclic amines) is 1. The van der Waals surface area contributed by atoms with E-state index in [9.17, 15) is 9.59 Å². The molecule has 1 saturated heterocycles. The van der Waals surface area contributed by atoms with Gasteiger partial charge in [-0.05, 0) is 31.0 Å². The van der Waals surface area contributed by atoms with E-state index in [1.807, 2.05) is 49.4 Å². The maximum absolute atomic E-state index is 13.0. The Hall–Kier alpha value is -3.02. The fourth-order valence-electron chi connectivity index (χ4n) is 3.52. The highest BCUT2D eigenvalue weighted by molar-refractivity contribution is 5.94. The highest BCUT2D eigenvalue weighted by Gasteiger charge is 2.47. The molecule has 0 aromatic heterocycles. The van der Waals surface area contributed by atoms with E-state index in [-0.39, 0.29) is 11.8 Å². The summed E-state index contributed by atoms with van der Waals surface area (Å²) >= 11 is 0.